The minimum absolute atomic E-state index is 0.0376. The first-order valence-electron chi connectivity index (χ1n) is 15.4. The number of nitro benzene ring substituents is 1. The number of rotatable bonds is 14. The Morgan fingerprint density at radius 3 is 2.38 bits per heavy atom. The molecule has 0 bridgehead atoms. The van der Waals surface area contributed by atoms with Crippen LogP contribution in [0.2, 0.25) is 0 Å². The van der Waals surface area contributed by atoms with Crippen molar-refractivity contribution in [3.05, 3.63) is 99.1 Å². The number of carboxylic acids is 1. The maximum atomic E-state index is 12.6. The van der Waals surface area contributed by atoms with Crippen molar-refractivity contribution in [1.82, 2.24) is 5.32 Å². The summed E-state index contributed by atoms with van der Waals surface area (Å²) in [6.45, 7) is 7.71. The van der Waals surface area contributed by atoms with Gasteiger partial charge < -0.3 is 24.8 Å². The lowest BCUT2D eigenvalue weighted by molar-refractivity contribution is -0.384. The number of carbonyl (C=O) groups excluding carboxylic acids is 1. The number of non-ortho nitro benzene ring substituents is 1. The van der Waals surface area contributed by atoms with Crippen molar-refractivity contribution in [3.63, 3.8) is 0 Å². The Labute approximate surface area is 264 Å². The predicted molar refractivity (Wildman–Crippen MR) is 172 cm³/mol. The van der Waals surface area contributed by atoms with E-state index in [-0.39, 0.29) is 36.5 Å². The molecular formula is C35H43N3O7. The average molecular weight is 618 g/mol. The molecule has 0 aromatic heterocycles. The molecule has 1 amide bonds. The first-order valence-corrected chi connectivity index (χ1v) is 15.4. The third-order valence-corrected chi connectivity index (χ3v) is 8.56. The van der Waals surface area contributed by atoms with Crippen molar-refractivity contribution in [2.75, 3.05) is 18.6 Å². The molecular weight excluding hydrogens is 574 g/mol. The first-order chi connectivity index (χ1) is 21.5. The molecule has 4 rings (SSSR count). The summed E-state index contributed by atoms with van der Waals surface area (Å²) in [5.74, 6) is 0.954. The molecule has 0 saturated heterocycles. The minimum Gasteiger partial charge on any atom is -0.489 e. The fourth-order valence-electron chi connectivity index (χ4n) is 6.17. The normalized spacial score (nSPS) is 17.9. The summed E-state index contributed by atoms with van der Waals surface area (Å²) in [5.41, 5.74) is 3.39. The molecule has 1 saturated carbocycles. The molecule has 3 aromatic carbocycles. The molecule has 3 unspecified atom stereocenters. The van der Waals surface area contributed by atoms with Crippen LogP contribution in [0.15, 0.2) is 66.7 Å². The highest BCUT2D eigenvalue weighted by molar-refractivity contribution is 5.87. The third kappa shape index (κ3) is 9.28. The zero-order valence-corrected chi connectivity index (χ0v) is 26.4. The lowest BCUT2D eigenvalue weighted by Gasteiger charge is -2.38. The molecule has 1 aliphatic rings. The van der Waals surface area contributed by atoms with Gasteiger partial charge in [-0.25, -0.2) is 4.79 Å². The fraction of sp³-hybridized carbons (Fsp3) is 0.429. The second-order valence-corrected chi connectivity index (χ2v) is 12.2. The Morgan fingerprint density at radius 2 is 1.73 bits per heavy atom. The summed E-state index contributed by atoms with van der Waals surface area (Å²) in [7, 11) is 1.89. The zero-order valence-electron chi connectivity index (χ0n) is 26.4. The lowest BCUT2D eigenvalue weighted by Crippen LogP contribution is -2.39. The number of nitrogens with one attached hydrogen (secondary N) is 1. The van der Waals surface area contributed by atoms with E-state index in [9.17, 15) is 19.7 Å². The fourth-order valence-corrected chi connectivity index (χ4v) is 6.17. The molecule has 0 heterocycles. The largest absolute Gasteiger partial charge is 0.489 e. The second-order valence-electron chi connectivity index (χ2n) is 12.2. The topological polar surface area (TPSA) is 131 Å². The predicted octanol–water partition coefficient (Wildman–Crippen LogP) is 6.60. The van der Waals surface area contributed by atoms with Crippen LogP contribution in [0, 0.1) is 27.9 Å². The summed E-state index contributed by atoms with van der Waals surface area (Å²) in [5, 5.41) is 23.5. The van der Waals surface area contributed by atoms with Crippen LogP contribution in [-0.4, -0.2) is 41.7 Å². The summed E-state index contributed by atoms with van der Waals surface area (Å²) < 4.78 is 12.1. The number of benzene rings is 3. The van der Waals surface area contributed by atoms with E-state index in [0.29, 0.717) is 42.2 Å². The number of ether oxygens (including phenoxy) is 2. The summed E-state index contributed by atoms with van der Waals surface area (Å²) in [6, 6.07) is 18.6. The van der Waals surface area contributed by atoms with E-state index in [4.69, 9.17) is 14.6 Å². The molecule has 0 radical (unpaired) electrons. The van der Waals surface area contributed by atoms with Crippen LogP contribution in [0.3, 0.4) is 0 Å². The molecule has 0 aliphatic heterocycles. The highest BCUT2D eigenvalue weighted by Crippen LogP contribution is 2.36. The van der Waals surface area contributed by atoms with Gasteiger partial charge in [-0.05, 0) is 65.6 Å². The third-order valence-electron chi connectivity index (χ3n) is 8.56. The Balaban J connectivity index is 1.32. The van der Waals surface area contributed by atoms with Gasteiger partial charge in [-0.1, -0.05) is 57.9 Å². The Kier molecular flexibility index (Phi) is 11.5. The molecule has 10 heteroatoms. The monoisotopic (exact) mass is 617 g/mol. The van der Waals surface area contributed by atoms with Crippen LogP contribution in [0.1, 0.15) is 67.1 Å². The van der Waals surface area contributed by atoms with Crippen molar-refractivity contribution in [3.8, 4) is 5.75 Å². The quantitative estimate of drug-likeness (QED) is 0.153. The number of carbonyl (C=O) groups is 2. The average Bonchev–Trinajstić information content (AvgIpc) is 3.02. The number of anilines is 1. The van der Waals surface area contributed by atoms with Crippen LogP contribution >= 0.6 is 0 Å². The molecule has 3 aromatic rings. The molecule has 3 atom stereocenters. The van der Waals surface area contributed by atoms with Gasteiger partial charge in [-0.15, -0.1) is 0 Å². The molecule has 1 fully saturated rings. The zero-order chi connectivity index (χ0) is 32.5. The number of hydrogen-bond acceptors (Lipinski definition) is 7. The molecule has 0 spiro atoms. The van der Waals surface area contributed by atoms with Gasteiger partial charge in [0, 0.05) is 43.5 Å². The first kappa shape index (κ1) is 33.5. The number of aromatic carboxylic acids is 1. The number of amides is 1. The standard InChI is InChI=1S/C35H43N3O7/c1-23(2)34-24(3)6-5-7-32(34)45-22-33(39)36-19-25-10-14-29(15-11-25)37(4)20-28-18-30(38(42)43)16-17-31(28)44-21-26-8-12-27(13-9-26)35(40)41/h8-18,23-24,32,34H,5-7,19-22H2,1-4H3,(H,36,39)(H,40,41). The smallest absolute Gasteiger partial charge is 0.335 e. The van der Waals surface area contributed by atoms with Crippen LogP contribution in [0.25, 0.3) is 0 Å². The van der Waals surface area contributed by atoms with Gasteiger partial charge in [0.15, 0.2) is 0 Å². The van der Waals surface area contributed by atoms with Crippen LogP contribution in [0.5, 0.6) is 5.75 Å². The number of carboxylic acid groups (broad SMARTS) is 1. The Bertz CT molecular complexity index is 1460. The molecule has 240 valence electrons. The van der Waals surface area contributed by atoms with Gasteiger partial charge >= 0.3 is 5.97 Å². The van der Waals surface area contributed by atoms with E-state index >= 15 is 0 Å². The maximum absolute atomic E-state index is 12.6. The van der Waals surface area contributed by atoms with Gasteiger partial charge in [0.25, 0.3) is 5.69 Å². The highest BCUT2D eigenvalue weighted by atomic mass is 16.6. The number of nitrogens with zero attached hydrogens (tertiary/aromatic N) is 2. The SMILES string of the molecule is CC(C)C1C(C)CCCC1OCC(=O)NCc1ccc(N(C)Cc2cc([N+](=O)[O-])ccc2OCc2ccc(C(=O)O)cc2)cc1. The van der Waals surface area contributed by atoms with Gasteiger partial charge in [0.1, 0.15) is 19.0 Å². The Hall–Kier alpha value is -4.44. The second kappa shape index (κ2) is 15.5. The van der Waals surface area contributed by atoms with Gasteiger partial charge in [0.05, 0.1) is 16.6 Å². The van der Waals surface area contributed by atoms with E-state index in [0.717, 1.165) is 29.7 Å². The molecule has 10 nitrogen and oxygen atoms in total. The summed E-state index contributed by atoms with van der Waals surface area (Å²) in [4.78, 5) is 36.7. The van der Waals surface area contributed by atoms with Crippen molar-refractivity contribution in [1.29, 1.82) is 0 Å². The van der Waals surface area contributed by atoms with E-state index < -0.39 is 10.9 Å². The minimum atomic E-state index is -1.00. The molecule has 2 N–H and O–H groups in total. The van der Waals surface area contributed by atoms with Crippen molar-refractivity contribution in [2.24, 2.45) is 17.8 Å². The van der Waals surface area contributed by atoms with Gasteiger partial charge in [-0.3, -0.25) is 14.9 Å². The van der Waals surface area contributed by atoms with E-state index in [1.807, 2.05) is 36.2 Å². The van der Waals surface area contributed by atoms with Crippen LogP contribution < -0.4 is 15.0 Å². The van der Waals surface area contributed by atoms with E-state index in [2.05, 4.69) is 26.1 Å². The maximum Gasteiger partial charge on any atom is 0.335 e. The van der Waals surface area contributed by atoms with Crippen molar-refractivity contribution >= 4 is 23.3 Å². The lowest BCUT2D eigenvalue weighted by atomic mass is 9.72. The number of hydrogen-bond donors (Lipinski definition) is 2. The summed E-state index contributed by atoms with van der Waals surface area (Å²) in [6.07, 6.45) is 3.48. The molecule has 1 aliphatic carbocycles. The van der Waals surface area contributed by atoms with Crippen LogP contribution in [0.4, 0.5) is 11.4 Å². The van der Waals surface area contributed by atoms with Crippen molar-refractivity contribution in [2.45, 2.75) is 65.8 Å². The van der Waals surface area contributed by atoms with E-state index in [1.54, 1.807) is 18.2 Å². The summed E-state index contributed by atoms with van der Waals surface area (Å²) >= 11 is 0. The van der Waals surface area contributed by atoms with Gasteiger partial charge in [0.2, 0.25) is 5.91 Å². The van der Waals surface area contributed by atoms with E-state index in [1.165, 1.54) is 30.7 Å². The van der Waals surface area contributed by atoms with Gasteiger partial charge in [-0.2, -0.15) is 0 Å². The Morgan fingerprint density at radius 1 is 1.04 bits per heavy atom. The highest BCUT2D eigenvalue weighted by Gasteiger charge is 2.33. The molecule has 45 heavy (non-hydrogen) atoms. The van der Waals surface area contributed by atoms with Crippen LogP contribution in [-0.2, 0) is 29.2 Å². The van der Waals surface area contributed by atoms with Crippen molar-refractivity contribution < 1.29 is 29.1 Å². The number of nitro groups is 1.